The zero-order valence-corrected chi connectivity index (χ0v) is 12.4. The van der Waals surface area contributed by atoms with Crippen LogP contribution in [-0.4, -0.2) is 14.1 Å². The molecular weight excluding hydrogens is 242 g/mol. The zero-order valence-electron chi connectivity index (χ0n) is 12.4. The molecule has 2 aromatic rings. The second kappa shape index (κ2) is 3.85. The van der Waals surface area contributed by atoms with Crippen molar-refractivity contribution in [1.82, 2.24) is 14.1 Å². The van der Waals surface area contributed by atoms with E-state index < -0.39 is 5.54 Å². The molecule has 104 valence electrons. The van der Waals surface area contributed by atoms with E-state index >= 15 is 0 Å². The van der Waals surface area contributed by atoms with E-state index in [1.54, 1.807) is 16.8 Å². The minimum atomic E-state index is -0.439. The molecule has 19 heavy (non-hydrogen) atoms. The van der Waals surface area contributed by atoms with Crippen molar-refractivity contribution in [1.29, 1.82) is 0 Å². The number of H-pyrrole nitrogens is 1. The van der Waals surface area contributed by atoms with Gasteiger partial charge in [0.2, 0.25) is 0 Å². The molecule has 0 radical (unpaired) electrons. The molecule has 0 atom stereocenters. The van der Waals surface area contributed by atoms with Gasteiger partial charge in [-0.1, -0.05) is 0 Å². The van der Waals surface area contributed by atoms with Gasteiger partial charge in [-0.25, -0.2) is 4.79 Å². The maximum absolute atomic E-state index is 12.6. The Labute approximate surface area is 111 Å². The van der Waals surface area contributed by atoms with Crippen LogP contribution in [0.1, 0.15) is 41.5 Å². The van der Waals surface area contributed by atoms with Crippen molar-refractivity contribution in [2.45, 2.75) is 52.6 Å². The highest BCUT2D eigenvalue weighted by Crippen LogP contribution is 2.18. The minimum absolute atomic E-state index is 0.140. The molecule has 2 aromatic heterocycles. The number of nitrogens with zero attached hydrogens (tertiary/aromatic N) is 2. The van der Waals surface area contributed by atoms with Crippen molar-refractivity contribution in [3.05, 3.63) is 33.1 Å². The molecule has 0 amide bonds. The van der Waals surface area contributed by atoms with E-state index in [0.29, 0.717) is 11.0 Å². The topological polar surface area (TPSA) is 59.8 Å². The van der Waals surface area contributed by atoms with Crippen LogP contribution < -0.4 is 11.2 Å². The molecule has 0 aliphatic carbocycles. The summed E-state index contributed by atoms with van der Waals surface area (Å²) >= 11 is 0. The number of nitrogens with one attached hydrogen (secondary N) is 1. The maximum atomic E-state index is 12.6. The van der Waals surface area contributed by atoms with Crippen LogP contribution in [0.3, 0.4) is 0 Å². The number of aromatic nitrogens is 3. The van der Waals surface area contributed by atoms with Crippen molar-refractivity contribution in [3.8, 4) is 0 Å². The summed E-state index contributed by atoms with van der Waals surface area (Å²) in [6, 6.07) is 1.78. The molecule has 0 spiro atoms. The molecule has 0 saturated heterocycles. The van der Waals surface area contributed by atoms with Gasteiger partial charge in [0, 0.05) is 17.3 Å². The van der Waals surface area contributed by atoms with E-state index in [2.05, 4.69) is 4.98 Å². The Morgan fingerprint density at radius 3 is 2.05 bits per heavy atom. The van der Waals surface area contributed by atoms with Gasteiger partial charge in [-0.3, -0.25) is 9.36 Å². The van der Waals surface area contributed by atoms with Crippen LogP contribution in [-0.2, 0) is 11.1 Å². The molecule has 0 fully saturated rings. The smallest absolute Gasteiger partial charge is 0.308 e. The number of fused-ring (bicyclic) bond motifs is 1. The molecule has 0 saturated carbocycles. The lowest BCUT2D eigenvalue weighted by atomic mass is 10.1. The van der Waals surface area contributed by atoms with Crippen molar-refractivity contribution < 1.29 is 0 Å². The second-order valence-electron chi connectivity index (χ2n) is 6.86. The van der Waals surface area contributed by atoms with E-state index in [9.17, 15) is 9.59 Å². The molecule has 0 aliphatic rings. The van der Waals surface area contributed by atoms with Gasteiger partial charge < -0.3 is 9.55 Å². The number of rotatable bonds is 0. The maximum Gasteiger partial charge on any atom is 0.327 e. The predicted octanol–water partition coefficient (Wildman–Crippen LogP) is 2.00. The predicted molar refractivity (Wildman–Crippen MR) is 76.8 cm³/mol. The van der Waals surface area contributed by atoms with E-state index in [1.807, 2.05) is 41.5 Å². The summed E-state index contributed by atoms with van der Waals surface area (Å²) in [5, 5.41) is 0. The molecule has 1 N–H and O–H groups in total. The van der Waals surface area contributed by atoms with Crippen LogP contribution in [0.5, 0.6) is 0 Å². The van der Waals surface area contributed by atoms with E-state index in [-0.39, 0.29) is 16.8 Å². The summed E-state index contributed by atoms with van der Waals surface area (Å²) in [5.74, 6) is 0. The lowest BCUT2D eigenvalue weighted by molar-refractivity contribution is 0.376. The molecule has 5 nitrogen and oxygen atoms in total. The largest absolute Gasteiger partial charge is 0.327 e. The van der Waals surface area contributed by atoms with Crippen LogP contribution in [0.15, 0.2) is 21.9 Å². The first-order valence-electron chi connectivity index (χ1n) is 6.41. The van der Waals surface area contributed by atoms with Crippen LogP contribution in [0.2, 0.25) is 0 Å². The highest BCUT2D eigenvalue weighted by atomic mass is 16.2. The van der Waals surface area contributed by atoms with Gasteiger partial charge in [0.1, 0.15) is 5.52 Å². The van der Waals surface area contributed by atoms with Crippen LogP contribution >= 0.6 is 0 Å². The fourth-order valence-corrected chi connectivity index (χ4v) is 2.28. The van der Waals surface area contributed by atoms with E-state index in [4.69, 9.17) is 0 Å². The molecule has 0 bridgehead atoms. The Balaban J connectivity index is 2.98. The normalized spacial score (nSPS) is 13.2. The number of aromatic amines is 1. The van der Waals surface area contributed by atoms with Gasteiger partial charge in [-0.15, -0.1) is 0 Å². The van der Waals surface area contributed by atoms with Crippen LogP contribution in [0.25, 0.3) is 11.0 Å². The fraction of sp³-hybridized carbons (Fsp3) is 0.571. The summed E-state index contributed by atoms with van der Waals surface area (Å²) in [7, 11) is 0. The van der Waals surface area contributed by atoms with Crippen LogP contribution in [0, 0.1) is 0 Å². The van der Waals surface area contributed by atoms with Gasteiger partial charge in [-0.05, 0) is 47.6 Å². The number of hydrogen-bond acceptors (Lipinski definition) is 2. The molecular formula is C14H21N3O2. The SMILES string of the molecule is CC(C)(C)n1ccc2[nH]c(=O)n(C(C)(C)C)c2c1=O. The lowest BCUT2D eigenvalue weighted by Crippen LogP contribution is -2.38. The average molecular weight is 263 g/mol. The molecule has 2 rings (SSSR count). The number of imidazole rings is 1. The van der Waals surface area contributed by atoms with Crippen molar-refractivity contribution in [2.75, 3.05) is 0 Å². The average Bonchev–Trinajstić information content (AvgIpc) is 2.52. The van der Waals surface area contributed by atoms with Crippen LogP contribution in [0.4, 0.5) is 0 Å². The van der Waals surface area contributed by atoms with Gasteiger partial charge in [-0.2, -0.15) is 0 Å². The third-order valence-electron chi connectivity index (χ3n) is 3.13. The highest BCUT2D eigenvalue weighted by Gasteiger charge is 2.24. The number of hydrogen-bond donors (Lipinski definition) is 1. The molecule has 0 aromatic carbocycles. The second-order valence-corrected chi connectivity index (χ2v) is 6.86. The molecule has 0 unspecified atom stereocenters. The third-order valence-corrected chi connectivity index (χ3v) is 3.13. The van der Waals surface area contributed by atoms with Crippen molar-refractivity contribution in [3.63, 3.8) is 0 Å². The Bertz CT molecular complexity index is 733. The van der Waals surface area contributed by atoms with Gasteiger partial charge >= 0.3 is 5.69 Å². The van der Waals surface area contributed by atoms with Crippen molar-refractivity contribution >= 4 is 11.0 Å². The van der Waals surface area contributed by atoms with Gasteiger partial charge in [0.25, 0.3) is 5.56 Å². The Hall–Kier alpha value is -1.78. The highest BCUT2D eigenvalue weighted by molar-refractivity contribution is 5.74. The summed E-state index contributed by atoms with van der Waals surface area (Å²) in [4.78, 5) is 27.4. The Kier molecular flexibility index (Phi) is 2.77. The third kappa shape index (κ3) is 2.13. The monoisotopic (exact) mass is 263 g/mol. The van der Waals surface area contributed by atoms with Gasteiger partial charge in [0.15, 0.2) is 0 Å². The summed E-state index contributed by atoms with van der Waals surface area (Å²) in [6.45, 7) is 11.6. The molecule has 2 heterocycles. The van der Waals surface area contributed by atoms with E-state index in [0.717, 1.165) is 0 Å². The molecule has 0 aliphatic heterocycles. The quantitative estimate of drug-likeness (QED) is 0.790. The first-order chi connectivity index (χ1) is 8.53. The lowest BCUT2D eigenvalue weighted by Gasteiger charge is -2.24. The summed E-state index contributed by atoms with van der Waals surface area (Å²) in [6.07, 6.45) is 1.73. The zero-order chi connectivity index (χ0) is 14.6. The Morgan fingerprint density at radius 1 is 1.00 bits per heavy atom. The molecule has 5 heteroatoms. The summed E-state index contributed by atoms with van der Waals surface area (Å²) < 4.78 is 3.19. The van der Waals surface area contributed by atoms with Crippen molar-refractivity contribution in [2.24, 2.45) is 0 Å². The Morgan fingerprint density at radius 2 is 1.58 bits per heavy atom. The first-order valence-corrected chi connectivity index (χ1v) is 6.41. The first kappa shape index (κ1) is 13.6. The number of pyridine rings is 1. The fourth-order valence-electron chi connectivity index (χ4n) is 2.28. The van der Waals surface area contributed by atoms with Gasteiger partial charge in [0.05, 0.1) is 5.52 Å². The van der Waals surface area contributed by atoms with E-state index in [1.165, 1.54) is 4.57 Å². The summed E-state index contributed by atoms with van der Waals surface area (Å²) in [5.41, 5.74) is -0.114. The minimum Gasteiger partial charge on any atom is -0.308 e. The standard InChI is InChI=1S/C14H21N3O2/c1-13(2,3)16-8-7-9-10(11(16)18)17(12(19)15-9)14(4,5)6/h7-8H,1-6H3,(H,15,19).